The van der Waals surface area contributed by atoms with Crippen molar-refractivity contribution in [1.82, 2.24) is 21.3 Å². The minimum atomic E-state index is -0.995. The Kier molecular flexibility index (Phi) is 10.9. The van der Waals surface area contributed by atoms with Gasteiger partial charge in [0.25, 0.3) is 0 Å². The number of carbonyl (C=O) groups is 2. The van der Waals surface area contributed by atoms with Gasteiger partial charge in [0.15, 0.2) is 5.96 Å². The fourth-order valence-corrected chi connectivity index (χ4v) is 1.69. The summed E-state index contributed by atoms with van der Waals surface area (Å²) in [5.41, 5.74) is 0.604. The van der Waals surface area contributed by atoms with Gasteiger partial charge >= 0.3 is 12.2 Å². The fraction of sp³-hybridized carbons (Fsp3) is 0.308. The summed E-state index contributed by atoms with van der Waals surface area (Å²) in [6, 6.07) is 5.33. The number of para-hydroxylation sites is 1. The van der Waals surface area contributed by atoms with Gasteiger partial charge in [-0.15, -0.1) is 0 Å². The lowest BCUT2D eigenvalue weighted by atomic mass is 10.3. The molecule has 1 aromatic rings. The molecule has 0 bridgehead atoms. The Bertz CT molecular complexity index is 541. The van der Waals surface area contributed by atoms with Crippen LogP contribution in [-0.4, -0.2) is 55.5 Å². The molecule has 6 N–H and O–H groups in total. The highest BCUT2D eigenvalue weighted by molar-refractivity contribution is 6.38. The molecule has 0 unspecified atom stereocenters. The maximum Gasteiger partial charge on any atom is 0.404 e. The summed E-state index contributed by atoms with van der Waals surface area (Å²) in [5, 5.41) is 26.4. The van der Waals surface area contributed by atoms with Gasteiger partial charge < -0.3 is 31.5 Å². The Morgan fingerprint density at radius 1 is 1.04 bits per heavy atom. The van der Waals surface area contributed by atoms with Gasteiger partial charge in [-0.3, -0.25) is 0 Å². The predicted molar refractivity (Wildman–Crippen MR) is 93.7 cm³/mol. The SMILES string of the molecule is CNC(=O)O.CNC(=O)O.Clc1cccc(Cl)c1N=C1NCCN1. The lowest BCUT2D eigenvalue weighted by Gasteiger charge is -2.02. The zero-order valence-corrected chi connectivity index (χ0v) is 14.6. The molecular formula is C13H19Cl2N5O4. The van der Waals surface area contributed by atoms with Gasteiger partial charge in [-0.25, -0.2) is 14.6 Å². The van der Waals surface area contributed by atoms with Crippen LogP contribution in [0.4, 0.5) is 15.3 Å². The Balaban J connectivity index is 0.000000442. The van der Waals surface area contributed by atoms with Gasteiger partial charge in [0.1, 0.15) is 5.69 Å². The molecule has 2 amide bonds. The van der Waals surface area contributed by atoms with Crippen LogP contribution in [-0.2, 0) is 0 Å². The largest absolute Gasteiger partial charge is 0.465 e. The number of guanidine groups is 1. The molecular weight excluding hydrogens is 361 g/mol. The van der Waals surface area contributed by atoms with E-state index in [1.54, 1.807) is 18.2 Å². The zero-order valence-electron chi connectivity index (χ0n) is 13.1. The number of amides is 2. The topological polar surface area (TPSA) is 135 Å². The van der Waals surface area contributed by atoms with E-state index in [1.807, 2.05) is 10.6 Å². The van der Waals surface area contributed by atoms with E-state index in [4.69, 9.17) is 33.4 Å². The molecule has 0 aromatic heterocycles. The van der Waals surface area contributed by atoms with Gasteiger partial charge in [0, 0.05) is 27.2 Å². The third kappa shape index (κ3) is 9.59. The van der Waals surface area contributed by atoms with Crippen LogP contribution in [0.15, 0.2) is 23.2 Å². The molecule has 1 aliphatic rings. The molecule has 1 aliphatic heterocycles. The molecule has 11 heteroatoms. The first-order valence-corrected chi connectivity index (χ1v) is 7.39. The van der Waals surface area contributed by atoms with Crippen molar-refractivity contribution in [2.75, 3.05) is 27.2 Å². The molecule has 9 nitrogen and oxygen atoms in total. The summed E-state index contributed by atoms with van der Waals surface area (Å²) >= 11 is 11.9. The first-order valence-electron chi connectivity index (χ1n) is 6.63. The summed E-state index contributed by atoms with van der Waals surface area (Å²) in [5.74, 6) is 0.722. The minimum Gasteiger partial charge on any atom is -0.465 e. The molecule has 0 saturated carbocycles. The maximum absolute atomic E-state index is 9.26. The van der Waals surface area contributed by atoms with Crippen LogP contribution in [0.2, 0.25) is 10.0 Å². The summed E-state index contributed by atoms with van der Waals surface area (Å²) in [4.78, 5) is 22.8. The second kappa shape index (κ2) is 12.1. The first-order chi connectivity index (χ1) is 11.3. The van der Waals surface area contributed by atoms with Crippen LogP contribution >= 0.6 is 23.2 Å². The minimum absolute atomic E-state index is 0.556. The zero-order chi connectivity index (χ0) is 18.5. The van der Waals surface area contributed by atoms with E-state index in [0.29, 0.717) is 15.7 Å². The van der Waals surface area contributed by atoms with Crippen LogP contribution in [0.1, 0.15) is 0 Å². The van der Waals surface area contributed by atoms with E-state index < -0.39 is 12.2 Å². The van der Waals surface area contributed by atoms with Crippen LogP contribution in [0.3, 0.4) is 0 Å². The van der Waals surface area contributed by atoms with Gasteiger partial charge in [-0.05, 0) is 12.1 Å². The van der Waals surface area contributed by atoms with Crippen LogP contribution in [0.25, 0.3) is 0 Å². The van der Waals surface area contributed by atoms with Crippen LogP contribution < -0.4 is 21.3 Å². The maximum atomic E-state index is 9.26. The number of carboxylic acid groups (broad SMARTS) is 2. The van der Waals surface area contributed by atoms with Crippen molar-refractivity contribution in [3.05, 3.63) is 28.2 Å². The fourth-order valence-electron chi connectivity index (χ4n) is 1.21. The Hall–Kier alpha value is -2.39. The smallest absolute Gasteiger partial charge is 0.404 e. The van der Waals surface area contributed by atoms with Crippen molar-refractivity contribution in [2.45, 2.75) is 0 Å². The Morgan fingerprint density at radius 2 is 1.42 bits per heavy atom. The number of aliphatic imine (C=N–C) groups is 1. The molecule has 0 radical (unpaired) electrons. The Labute approximate surface area is 149 Å². The quantitative estimate of drug-likeness (QED) is 0.441. The first kappa shape index (κ1) is 21.6. The van der Waals surface area contributed by atoms with Crippen molar-refractivity contribution in [3.8, 4) is 0 Å². The molecule has 1 heterocycles. The number of hydrogen-bond donors (Lipinski definition) is 6. The molecule has 0 spiro atoms. The van der Waals surface area contributed by atoms with Crippen molar-refractivity contribution >= 4 is 47.0 Å². The van der Waals surface area contributed by atoms with E-state index in [9.17, 15) is 9.59 Å². The number of hydrogen-bond acceptors (Lipinski definition) is 3. The van der Waals surface area contributed by atoms with Gasteiger partial charge in [-0.2, -0.15) is 0 Å². The highest BCUT2D eigenvalue weighted by Crippen LogP contribution is 2.32. The summed E-state index contributed by atoms with van der Waals surface area (Å²) in [7, 11) is 2.70. The van der Waals surface area contributed by atoms with Gasteiger partial charge in [0.2, 0.25) is 0 Å². The lowest BCUT2D eigenvalue weighted by molar-refractivity contribution is 0.196. The van der Waals surface area contributed by atoms with E-state index in [0.717, 1.165) is 19.0 Å². The molecule has 1 aromatic carbocycles. The van der Waals surface area contributed by atoms with Crippen molar-refractivity contribution in [1.29, 1.82) is 0 Å². The molecule has 1 saturated heterocycles. The monoisotopic (exact) mass is 379 g/mol. The number of nitrogens with zero attached hydrogens (tertiary/aromatic N) is 1. The number of benzene rings is 1. The summed E-state index contributed by atoms with van der Waals surface area (Å²) in [6.07, 6.45) is -1.99. The standard InChI is InChI=1S/C9H9Cl2N3.2C2H5NO2/c10-6-2-1-3-7(11)8(6)14-9-12-4-5-13-9;2*1-3-2(4)5/h1-3H,4-5H2,(H2,12,13,14);2*3H,1H3,(H,4,5). The second-order valence-corrected chi connectivity index (χ2v) is 4.81. The van der Waals surface area contributed by atoms with Crippen LogP contribution in [0.5, 0.6) is 0 Å². The number of nitrogens with one attached hydrogen (secondary N) is 4. The molecule has 0 aliphatic carbocycles. The molecule has 0 atom stereocenters. The second-order valence-electron chi connectivity index (χ2n) is 3.99. The van der Waals surface area contributed by atoms with Crippen molar-refractivity contribution in [3.63, 3.8) is 0 Å². The summed E-state index contributed by atoms with van der Waals surface area (Å²) in [6.45, 7) is 1.75. The van der Waals surface area contributed by atoms with E-state index >= 15 is 0 Å². The van der Waals surface area contributed by atoms with E-state index in [-0.39, 0.29) is 0 Å². The molecule has 2 rings (SSSR count). The average Bonchev–Trinajstić information content (AvgIpc) is 3.05. The predicted octanol–water partition coefficient (Wildman–Crippen LogP) is 1.94. The number of rotatable bonds is 1. The van der Waals surface area contributed by atoms with Gasteiger partial charge in [0.05, 0.1) is 10.0 Å². The lowest BCUT2D eigenvalue weighted by Crippen LogP contribution is -2.23. The average molecular weight is 380 g/mol. The Morgan fingerprint density at radius 3 is 1.75 bits per heavy atom. The highest BCUT2D eigenvalue weighted by atomic mass is 35.5. The normalized spacial score (nSPS) is 11.4. The summed E-state index contributed by atoms with van der Waals surface area (Å²) < 4.78 is 0. The third-order valence-corrected chi connectivity index (χ3v) is 2.91. The third-order valence-electron chi connectivity index (χ3n) is 2.30. The van der Waals surface area contributed by atoms with Crippen LogP contribution in [0, 0.1) is 0 Å². The van der Waals surface area contributed by atoms with Crippen molar-refractivity contribution in [2.24, 2.45) is 4.99 Å². The molecule has 134 valence electrons. The number of halogens is 2. The van der Waals surface area contributed by atoms with Gasteiger partial charge in [-0.1, -0.05) is 29.3 Å². The highest BCUT2D eigenvalue weighted by Gasteiger charge is 2.08. The van der Waals surface area contributed by atoms with E-state index in [2.05, 4.69) is 15.6 Å². The van der Waals surface area contributed by atoms with Crippen molar-refractivity contribution < 1.29 is 19.8 Å². The van der Waals surface area contributed by atoms with E-state index in [1.165, 1.54) is 14.1 Å². The molecule has 24 heavy (non-hydrogen) atoms. The molecule has 1 fully saturated rings.